The number of rotatable bonds is 5. The van der Waals surface area contributed by atoms with E-state index in [0.717, 1.165) is 18.4 Å². The van der Waals surface area contributed by atoms with E-state index in [9.17, 15) is 4.79 Å². The van der Waals surface area contributed by atoms with E-state index in [0.29, 0.717) is 24.5 Å². The lowest BCUT2D eigenvalue weighted by atomic mass is 9.88. The molecule has 2 aliphatic rings. The van der Waals surface area contributed by atoms with Crippen LogP contribution in [0.25, 0.3) is 0 Å². The first-order chi connectivity index (χ1) is 10.1. The molecule has 2 aliphatic heterocycles. The number of hydrogen-bond acceptors (Lipinski definition) is 4. The van der Waals surface area contributed by atoms with E-state index in [1.807, 2.05) is 26.0 Å². The van der Waals surface area contributed by atoms with Gasteiger partial charge in [-0.25, -0.2) is 4.98 Å². The van der Waals surface area contributed by atoms with Crippen molar-refractivity contribution in [3.05, 3.63) is 23.9 Å². The molecule has 0 saturated carbocycles. The lowest BCUT2D eigenvalue weighted by Gasteiger charge is -2.20. The molecule has 1 amide bonds. The lowest BCUT2D eigenvalue weighted by molar-refractivity contribution is -0.125. The number of aromatic nitrogens is 1. The molecule has 1 aromatic rings. The Kier molecular flexibility index (Phi) is 4.10. The molecule has 2 saturated heterocycles. The summed E-state index contributed by atoms with van der Waals surface area (Å²) < 4.78 is 5.68. The molecular formula is C16H23N3O2. The van der Waals surface area contributed by atoms with Crippen LogP contribution in [0.15, 0.2) is 18.3 Å². The molecule has 2 N–H and O–H groups in total. The summed E-state index contributed by atoms with van der Waals surface area (Å²) in [6.07, 6.45) is 5.09. The Morgan fingerprint density at radius 2 is 2.38 bits per heavy atom. The minimum absolute atomic E-state index is 0.0733. The number of amides is 1. The van der Waals surface area contributed by atoms with E-state index >= 15 is 0 Å². The molecule has 3 rings (SSSR count). The first kappa shape index (κ1) is 14.3. The van der Waals surface area contributed by atoms with Gasteiger partial charge >= 0.3 is 0 Å². The van der Waals surface area contributed by atoms with E-state index < -0.39 is 0 Å². The van der Waals surface area contributed by atoms with Crippen molar-refractivity contribution in [2.24, 2.45) is 5.92 Å². The van der Waals surface area contributed by atoms with Gasteiger partial charge in [-0.15, -0.1) is 0 Å². The van der Waals surface area contributed by atoms with Crippen LogP contribution in [-0.2, 0) is 11.3 Å². The fourth-order valence-electron chi connectivity index (χ4n) is 3.32. The van der Waals surface area contributed by atoms with Gasteiger partial charge in [0.2, 0.25) is 11.8 Å². The molecule has 0 spiro atoms. The van der Waals surface area contributed by atoms with Crippen LogP contribution in [-0.4, -0.2) is 29.1 Å². The molecule has 1 aromatic heterocycles. The van der Waals surface area contributed by atoms with E-state index in [2.05, 4.69) is 15.6 Å². The number of pyridine rings is 1. The standard InChI is InChI=1S/C16H23N3O2/c1-10(2)21-16-11(4-3-7-17-16)9-18-15(20)13-8-12-5-6-14(13)19-12/h3-4,7,10,12-14,19H,5-6,8-9H2,1-2H3,(H,18,20). The van der Waals surface area contributed by atoms with E-state index in [1.165, 1.54) is 6.42 Å². The average Bonchev–Trinajstić information content (AvgIpc) is 3.08. The second kappa shape index (κ2) is 6.02. The monoisotopic (exact) mass is 289 g/mol. The zero-order valence-electron chi connectivity index (χ0n) is 12.6. The normalized spacial score (nSPS) is 27.1. The Bertz CT molecular complexity index is 518. The molecule has 5 nitrogen and oxygen atoms in total. The first-order valence-corrected chi connectivity index (χ1v) is 7.78. The van der Waals surface area contributed by atoms with Crippen molar-refractivity contribution in [2.45, 2.75) is 57.8 Å². The maximum absolute atomic E-state index is 12.3. The smallest absolute Gasteiger partial charge is 0.225 e. The second-order valence-electron chi connectivity index (χ2n) is 6.24. The van der Waals surface area contributed by atoms with Crippen LogP contribution >= 0.6 is 0 Å². The van der Waals surface area contributed by atoms with Crippen molar-refractivity contribution in [1.29, 1.82) is 0 Å². The van der Waals surface area contributed by atoms with Crippen LogP contribution in [0.1, 0.15) is 38.7 Å². The van der Waals surface area contributed by atoms with Crippen molar-refractivity contribution in [1.82, 2.24) is 15.6 Å². The van der Waals surface area contributed by atoms with Gasteiger partial charge in [0.1, 0.15) is 0 Å². The summed E-state index contributed by atoms with van der Waals surface area (Å²) in [6, 6.07) is 4.73. The highest BCUT2D eigenvalue weighted by Gasteiger charge is 2.42. The van der Waals surface area contributed by atoms with Gasteiger partial charge in [-0.1, -0.05) is 6.07 Å². The molecule has 2 bridgehead atoms. The molecule has 5 heteroatoms. The molecule has 0 radical (unpaired) electrons. The summed E-state index contributed by atoms with van der Waals surface area (Å²) in [5.74, 6) is 0.878. The van der Waals surface area contributed by atoms with E-state index in [4.69, 9.17) is 4.74 Å². The average molecular weight is 289 g/mol. The van der Waals surface area contributed by atoms with Crippen LogP contribution in [0.2, 0.25) is 0 Å². The minimum Gasteiger partial charge on any atom is -0.475 e. The Labute approximate surface area is 125 Å². The van der Waals surface area contributed by atoms with Crippen molar-refractivity contribution in [3.8, 4) is 5.88 Å². The van der Waals surface area contributed by atoms with Crippen LogP contribution in [0.5, 0.6) is 5.88 Å². The topological polar surface area (TPSA) is 63.2 Å². The third kappa shape index (κ3) is 3.18. The maximum Gasteiger partial charge on any atom is 0.225 e. The van der Waals surface area contributed by atoms with Gasteiger partial charge in [0.05, 0.1) is 12.0 Å². The van der Waals surface area contributed by atoms with Crippen LogP contribution < -0.4 is 15.4 Å². The fourth-order valence-corrected chi connectivity index (χ4v) is 3.32. The number of nitrogens with zero attached hydrogens (tertiary/aromatic N) is 1. The summed E-state index contributed by atoms with van der Waals surface area (Å²) in [7, 11) is 0. The van der Waals surface area contributed by atoms with Crippen molar-refractivity contribution in [2.75, 3.05) is 0 Å². The predicted octanol–water partition coefficient (Wildman–Crippen LogP) is 1.63. The summed E-state index contributed by atoms with van der Waals surface area (Å²) in [5, 5.41) is 6.54. The largest absolute Gasteiger partial charge is 0.475 e. The summed E-state index contributed by atoms with van der Waals surface area (Å²) in [6.45, 7) is 4.42. The Balaban J connectivity index is 1.59. The third-order valence-electron chi connectivity index (χ3n) is 4.29. The van der Waals surface area contributed by atoms with Crippen LogP contribution in [0, 0.1) is 5.92 Å². The maximum atomic E-state index is 12.3. The molecule has 114 valence electrons. The molecule has 3 atom stereocenters. The van der Waals surface area contributed by atoms with Crippen molar-refractivity contribution in [3.63, 3.8) is 0 Å². The number of carbonyl (C=O) groups is 1. The zero-order valence-corrected chi connectivity index (χ0v) is 12.6. The summed E-state index contributed by atoms with van der Waals surface area (Å²) >= 11 is 0. The molecule has 2 fully saturated rings. The first-order valence-electron chi connectivity index (χ1n) is 7.78. The quantitative estimate of drug-likeness (QED) is 0.865. The molecule has 3 unspecified atom stereocenters. The molecule has 21 heavy (non-hydrogen) atoms. The minimum atomic E-state index is 0.0733. The third-order valence-corrected chi connectivity index (χ3v) is 4.29. The highest BCUT2D eigenvalue weighted by molar-refractivity contribution is 5.80. The Morgan fingerprint density at radius 3 is 3.05 bits per heavy atom. The van der Waals surface area contributed by atoms with Crippen LogP contribution in [0.3, 0.4) is 0 Å². The van der Waals surface area contributed by atoms with E-state index in [1.54, 1.807) is 6.20 Å². The molecule has 3 heterocycles. The second-order valence-corrected chi connectivity index (χ2v) is 6.24. The lowest BCUT2D eigenvalue weighted by Crippen LogP contribution is -2.37. The number of fused-ring (bicyclic) bond motifs is 2. The Morgan fingerprint density at radius 1 is 1.52 bits per heavy atom. The van der Waals surface area contributed by atoms with E-state index in [-0.39, 0.29) is 17.9 Å². The highest BCUT2D eigenvalue weighted by Crippen LogP contribution is 2.33. The Hall–Kier alpha value is -1.62. The molecule has 0 aliphatic carbocycles. The van der Waals surface area contributed by atoms with Crippen molar-refractivity contribution >= 4 is 5.91 Å². The SMILES string of the molecule is CC(C)Oc1ncccc1CNC(=O)C1CC2CCC1N2. The van der Waals surface area contributed by atoms with Crippen molar-refractivity contribution < 1.29 is 9.53 Å². The molecule has 0 aromatic carbocycles. The van der Waals surface area contributed by atoms with Gasteiger partial charge in [0.15, 0.2) is 0 Å². The summed E-state index contributed by atoms with van der Waals surface area (Å²) in [5.41, 5.74) is 0.927. The summed E-state index contributed by atoms with van der Waals surface area (Å²) in [4.78, 5) is 16.6. The highest BCUT2D eigenvalue weighted by atomic mass is 16.5. The number of hydrogen-bond donors (Lipinski definition) is 2. The van der Waals surface area contributed by atoms with Gasteiger partial charge in [0.25, 0.3) is 0 Å². The fraction of sp³-hybridized carbons (Fsp3) is 0.625. The van der Waals surface area contributed by atoms with Crippen LogP contribution in [0.4, 0.5) is 0 Å². The zero-order chi connectivity index (χ0) is 14.8. The number of nitrogens with one attached hydrogen (secondary N) is 2. The van der Waals surface area contributed by atoms with Gasteiger partial charge < -0.3 is 15.4 Å². The van der Waals surface area contributed by atoms with Gasteiger partial charge in [-0.05, 0) is 39.2 Å². The number of carbonyl (C=O) groups excluding carboxylic acids is 1. The van der Waals surface area contributed by atoms with Gasteiger partial charge in [-0.3, -0.25) is 4.79 Å². The molecular weight excluding hydrogens is 266 g/mol. The van der Waals surface area contributed by atoms with Gasteiger partial charge in [-0.2, -0.15) is 0 Å². The predicted molar refractivity (Wildman–Crippen MR) is 79.9 cm³/mol. The number of ether oxygens (including phenoxy) is 1. The van der Waals surface area contributed by atoms with Gasteiger partial charge in [0, 0.05) is 30.4 Å².